The van der Waals surface area contributed by atoms with Crippen molar-refractivity contribution >= 4 is 23.0 Å². The molecule has 1 fully saturated rings. The molecule has 166 valence electrons. The number of benzene rings is 2. The lowest BCUT2D eigenvalue weighted by molar-refractivity contribution is 0.102. The zero-order chi connectivity index (χ0) is 22.7. The van der Waals surface area contributed by atoms with E-state index in [9.17, 15) is 14.4 Å². The molecule has 3 aromatic rings. The van der Waals surface area contributed by atoms with Crippen LogP contribution in [0.3, 0.4) is 0 Å². The van der Waals surface area contributed by atoms with Gasteiger partial charge in [0.25, 0.3) is 16.8 Å². The average molecular weight is 432 g/mol. The quantitative estimate of drug-likeness (QED) is 0.479. The van der Waals surface area contributed by atoms with Gasteiger partial charge in [-0.25, -0.2) is 0 Å². The van der Waals surface area contributed by atoms with Crippen LogP contribution in [0.15, 0.2) is 52.1 Å². The lowest BCUT2D eigenvalue weighted by Gasteiger charge is -2.25. The van der Waals surface area contributed by atoms with Gasteiger partial charge in [-0.05, 0) is 67.6 Å². The number of hydrogen-bond donors (Lipinski definition) is 3. The van der Waals surface area contributed by atoms with Crippen LogP contribution in [-0.2, 0) is 6.54 Å². The monoisotopic (exact) mass is 431 g/mol. The molecule has 0 radical (unpaired) electrons. The Morgan fingerprint density at radius 1 is 0.875 bits per heavy atom. The zero-order valence-electron chi connectivity index (χ0n) is 18.6. The first-order valence-corrected chi connectivity index (χ1v) is 11.2. The van der Waals surface area contributed by atoms with Gasteiger partial charge in [0.15, 0.2) is 0 Å². The number of amides is 1. The van der Waals surface area contributed by atoms with Crippen LogP contribution in [0.1, 0.15) is 59.2 Å². The fraction of sp³-hybridized carbons (Fsp3) is 0.346. The van der Waals surface area contributed by atoms with E-state index >= 15 is 0 Å². The van der Waals surface area contributed by atoms with Crippen molar-refractivity contribution in [3.05, 3.63) is 85.2 Å². The van der Waals surface area contributed by atoms with Gasteiger partial charge in [0.2, 0.25) is 0 Å². The highest BCUT2D eigenvalue weighted by Crippen LogP contribution is 2.24. The Kier molecular flexibility index (Phi) is 6.40. The molecular weight excluding hydrogens is 402 g/mol. The molecule has 0 aromatic heterocycles. The molecule has 1 amide bonds. The molecule has 32 heavy (non-hydrogen) atoms. The molecule has 0 spiro atoms. The van der Waals surface area contributed by atoms with Gasteiger partial charge in [0.1, 0.15) is 11.4 Å². The predicted octanol–water partition coefficient (Wildman–Crippen LogP) is 4.51. The van der Waals surface area contributed by atoms with Gasteiger partial charge in [-0.3, -0.25) is 14.4 Å². The van der Waals surface area contributed by atoms with Crippen LogP contribution in [0.5, 0.6) is 0 Å². The van der Waals surface area contributed by atoms with Crippen LogP contribution < -0.4 is 26.8 Å². The summed E-state index contributed by atoms with van der Waals surface area (Å²) in [6.45, 7) is 4.45. The lowest BCUT2D eigenvalue weighted by Crippen LogP contribution is -2.40. The van der Waals surface area contributed by atoms with Crippen molar-refractivity contribution in [2.24, 2.45) is 0 Å². The predicted molar refractivity (Wildman–Crippen MR) is 129 cm³/mol. The summed E-state index contributed by atoms with van der Waals surface area (Å²) in [7, 11) is 0. The summed E-state index contributed by atoms with van der Waals surface area (Å²) >= 11 is 0. The normalized spacial score (nSPS) is 14.3. The largest absolute Gasteiger partial charge is 0.377 e. The number of nitrogens with one attached hydrogen (secondary N) is 3. The number of carbonyl (C=O) groups is 1. The van der Waals surface area contributed by atoms with E-state index < -0.39 is 10.9 Å². The fourth-order valence-electron chi connectivity index (χ4n) is 4.14. The number of aryl methyl sites for hydroxylation is 2. The van der Waals surface area contributed by atoms with Crippen molar-refractivity contribution < 1.29 is 4.79 Å². The van der Waals surface area contributed by atoms with E-state index in [1.165, 1.54) is 12.0 Å². The summed E-state index contributed by atoms with van der Waals surface area (Å²) in [5.41, 5.74) is 4.44. The third-order valence-electron chi connectivity index (χ3n) is 6.31. The second kappa shape index (κ2) is 9.39. The SMILES string of the molecule is Cc1ccc(NC(=O)c2ccc(CNc3c(NC4CCCCC4)c(=O)c3=O)cc2)cc1C. The smallest absolute Gasteiger partial charge is 0.255 e. The Morgan fingerprint density at radius 2 is 1.56 bits per heavy atom. The fourth-order valence-corrected chi connectivity index (χ4v) is 4.14. The van der Waals surface area contributed by atoms with Crippen molar-refractivity contribution in [1.29, 1.82) is 0 Å². The lowest BCUT2D eigenvalue weighted by atomic mass is 9.95. The van der Waals surface area contributed by atoms with Gasteiger partial charge in [-0.2, -0.15) is 0 Å². The third-order valence-corrected chi connectivity index (χ3v) is 6.31. The summed E-state index contributed by atoms with van der Waals surface area (Å²) in [6.07, 6.45) is 5.60. The van der Waals surface area contributed by atoms with Gasteiger partial charge < -0.3 is 16.0 Å². The molecular formula is C26H29N3O3. The maximum absolute atomic E-state index is 12.5. The van der Waals surface area contributed by atoms with Gasteiger partial charge >= 0.3 is 0 Å². The van der Waals surface area contributed by atoms with E-state index in [0.717, 1.165) is 42.5 Å². The van der Waals surface area contributed by atoms with Crippen LogP contribution in [0.25, 0.3) is 0 Å². The molecule has 0 atom stereocenters. The van der Waals surface area contributed by atoms with Crippen molar-refractivity contribution in [1.82, 2.24) is 0 Å². The number of anilines is 3. The minimum atomic E-state index is -0.465. The minimum absolute atomic E-state index is 0.172. The average Bonchev–Trinajstić information content (AvgIpc) is 2.81. The molecule has 3 N–H and O–H groups in total. The second-order valence-corrected chi connectivity index (χ2v) is 8.69. The zero-order valence-corrected chi connectivity index (χ0v) is 18.6. The highest BCUT2D eigenvalue weighted by molar-refractivity contribution is 6.04. The number of rotatable bonds is 7. The summed E-state index contributed by atoms with van der Waals surface area (Å²) in [5.74, 6) is -0.172. The standard InChI is InChI=1S/C26H29N3O3/c1-16-8-13-21(14-17(16)2)29-26(32)19-11-9-18(10-12-19)15-27-22-23(25(31)24(22)30)28-20-6-4-3-5-7-20/h8-14,20,27-28H,3-7,15H2,1-2H3,(H,29,32). The van der Waals surface area contributed by atoms with Crippen LogP contribution in [-0.4, -0.2) is 11.9 Å². The summed E-state index contributed by atoms with van der Waals surface area (Å²) in [6, 6.07) is 13.3. The molecule has 0 heterocycles. The van der Waals surface area contributed by atoms with E-state index in [-0.39, 0.29) is 11.9 Å². The third kappa shape index (κ3) is 4.74. The maximum Gasteiger partial charge on any atom is 0.255 e. The van der Waals surface area contributed by atoms with E-state index in [4.69, 9.17) is 0 Å². The van der Waals surface area contributed by atoms with E-state index in [2.05, 4.69) is 16.0 Å². The minimum Gasteiger partial charge on any atom is -0.377 e. The molecule has 1 saturated carbocycles. The van der Waals surface area contributed by atoms with E-state index in [0.29, 0.717) is 23.5 Å². The molecule has 0 bridgehead atoms. The highest BCUT2D eigenvalue weighted by atomic mass is 16.2. The number of carbonyl (C=O) groups excluding carboxylic acids is 1. The van der Waals surface area contributed by atoms with Gasteiger partial charge in [-0.1, -0.05) is 37.5 Å². The van der Waals surface area contributed by atoms with Crippen LogP contribution >= 0.6 is 0 Å². The van der Waals surface area contributed by atoms with Crippen LogP contribution in [0.2, 0.25) is 0 Å². The molecule has 0 aliphatic heterocycles. The first kappa shape index (κ1) is 21.8. The summed E-state index contributed by atoms with van der Waals surface area (Å²) in [5, 5.41) is 9.29. The molecule has 6 nitrogen and oxygen atoms in total. The van der Waals surface area contributed by atoms with Crippen LogP contribution in [0.4, 0.5) is 17.1 Å². The van der Waals surface area contributed by atoms with Gasteiger partial charge in [0, 0.05) is 23.8 Å². The molecule has 0 unspecified atom stereocenters. The van der Waals surface area contributed by atoms with Gasteiger partial charge in [0.05, 0.1) is 0 Å². The molecule has 6 heteroatoms. The van der Waals surface area contributed by atoms with Gasteiger partial charge in [-0.15, -0.1) is 0 Å². The van der Waals surface area contributed by atoms with Crippen molar-refractivity contribution in [2.75, 3.05) is 16.0 Å². The maximum atomic E-state index is 12.5. The number of hydrogen-bond acceptors (Lipinski definition) is 5. The Morgan fingerprint density at radius 3 is 2.25 bits per heavy atom. The van der Waals surface area contributed by atoms with Crippen molar-refractivity contribution in [3.63, 3.8) is 0 Å². The molecule has 4 rings (SSSR count). The van der Waals surface area contributed by atoms with E-state index in [1.54, 1.807) is 12.1 Å². The summed E-state index contributed by atoms with van der Waals surface area (Å²) in [4.78, 5) is 36.6. The molecule has 0 saturated heterocycles. The Labute approximate surface area is 187 Å². The Bertz CT molecular complexity index is 1180. The molecule has 1 aliphatic rings. The first-order valence-electron chi connectivity index (χ1n) is 11.2. The molecule has 1 aliphatic carbocycles. The van der Waals surface area contributed by atoms with Crippen LogP contribution in [0, 0.1) is 13.8 Å². The Balaban J connectivity index is 1.35. The van der Waals surface area contributed by atoms with Crippen molar-refractivity contribution in [2.45, 2.75) is 58.5 Å². The highest BCUT2D eigenvalue weighted by Gasteiger charge is 2.24. The van der Waals surface area contributed by atoms with E-state index in [1.807, 2.05) is 44.2 Å². The summed E-state index contributed by atoms with van der Waals surface area (Å²) < 4.78 is 0. The first-order chi connectivity index (χ1) is 15.4. The molecule has 3 aromatic carbocycles. The topological polar surface area (TPSA) is 87.3 Å². The Hall–Kier alpha value is -3.41. The second-order valence-electron chi connectivity index (χ2n) is 8.69. The van der Waals surface area contributed by atoms with Crippen molar-refractivity contribution in [3.8, 4) is 0 Å².